The largest absolute Gasteiger partial charge is 0.497 e. The smallest absolute Gasteiger partial charge is 0.137 e. The first-order chi connectivity index (χ1) is 9.69. The molecule has 3 heteroatoms. The first kappa shape index (κ1) is 13.4. The molecule has 0 fully saturated rings. The fourth-order valence-electron chi connectivity index (χ4n) is 2.35. The number of methoxy groups -OCH3 is 1. The average Bonchev–Trinajstić information content (AvgIpc) is 2.51. The summed E-state index contributed by atoms with van der Waals surface area (Å²) in [6, 6.07) is 12.5. The van der Waals surface area contributed by atoms with Gasteiger partial charge in [-0.1, -0.05) is 18.2 Å². The summed E-state index contributed by atoms with van der Waals surface area (Å²) in [6.07, 6.45) is 0.110. The third-order valence-electron chi connectivity index (χ3n) is 3.78. The van der Waals surface area contributed by atoms with Crippen LogP contribution < -0.4 is 9.47 Å². The Morgan fingerprint density at radius 3 is 2.55 bits per heavy atom. The van der Waals surface area contributed by atoms with E-state index in [2.05, 4.69) is 38.1 Å². The van der Waals surface area contributed by atoms with Crippen LogP contribution in [0.2, 0.25) is 0 Å². The van der Waals surface area contributed by atoms with Crippen molar-refractivity contribution in [3.05, 3.63) is 53.1 Å². The maximum absolute atomic E-state index is 6.24. The van der Waals surface area contributed by atoms with E-state index in [1.54, 1.807) is 7.11 Å². The minimum absolute atomic E-state index is 0.110. The number of hydrogen-bond acceptors (Lipinski definition) is 3. The van der Waals surface area contributed by atoms with Gasteiger partial charge in [0.15, 0.2) is 0 Å². The van der Waals surface area contributed by atoms with E-state index in [0.29, 0.717) is 0 Å². The Kier molecular flexibility index (Phi) is 3.62. The fourth-order valence-corrected chi connectivity index (χ4v) is 3.44. The van der Waals surface area contributed by atoms with E-state index in [-0.39, 0.29) is 6.10 Å². The first-order valence-electron chi connectivity index (χ1n) is 6.72. The molecule has 0 saturated carbocycles. The SMILES string of the molecule is COc1ccc(C2CSc3ccc(C)c(C)c3O2)cc1. The highest BCUT2D eigenvalue weighted by atomic mass is 32.2. The van der Waals surface area contributed by atoms with E-state index in [1.807, 2.05) is 23.9 Å². The van der Waals surface area contributed by atoms with Gasteiger partial charge in [0.05, 0.1) is 7.11 Å². The van der Waals surface area contributed by atoms with Gasteiger partial charge in [0.1, 0.15) is 17.6 Å². The van der Waals surface area contributed by atoms with Gasteiger partial charge in [0.25, 0.3) is 0 Å². The van der Waals surface area contributed by atoms with Crippen LogP contribution in [0, 0.1) is 13.8 Å². The second-order valence-electron chi connectivity index (χ2n) is 5.03. The van der Waals surface area contributed by atoms with Gasteiger partial charge >= 0.3 is 0 Å². The second kappa shape index (κ2) is 5.41. The number of aryl methyl sites for hydroxylation is 1. The Balaban J connectivity index is 1.89. The molecule has 1 atom stereocenters. The molecule has 2 aromatic rings. The van der Waals surface area contributed by atoms with Crippen LogP contribution in [0.25, 0.3) is 0 Å². The molecule has 0 N–H and O–H groups in total. The van der Waals surface area contributed by atoms with Crippen molar-refractivity contribution in [3.8, 4) is 11.5 Å². The van der Waals surface area contributed by atoms with Gasteiger partial charge in [0.2, 0.25) is 0 Å². The van der Waals surface area contributed by atoms with E-state index in [4.69, 9.17) is 9.47 Å². The zero-order valence-electron chi connectivity index (χ0n) is 12.0. The van der Waals surface area contributed by atoms with Crippen LogP contribution in [-0.2, 0) is 0 Å². The minimum Gasteiger partial charge on any atom is -0.497 e. The summed E-state index contributed by atoms with van der Waals surface area (Å²) < 4.78 is 11.4. The highest BCUT2D eigenvalue weighted by Crippen LogP contribution is 2.43. The van der Waals surface area contributed by atoms with Crippen molar-refractivity contribution < 1.29 is 9.47 Å². The van der Waals surface area contributed by atoms with Crippen molar-refractivity contribution in [1.29, 1.82) is 0 Å². The summed E-state index contributed by atoms with van der Waals surface area (Å²) in [5.74, 6) is 2.87. The molecule has 0 saturated heterocycles. The number of ether oxygens (including phenoxy) is 2. The van der Waals surface area contributed by atoms with E-state index >= 15 is 0 Å². The second-order valence-corrected chi connectivity index (χ2v) is 6.09. The Hall–Kier alpha value is -1.61. The van der Waals surface area contributed by atoms with Crippen molar-refractivity contribution in [2.45, 2.75) is 24.8 Å². The van der Waals surface area contributed by atoms with Crippen molar-refractivity contribution in [1.82, 2.24) is 0 Å². The number of hydrogen-bond donors (Lipinski definition) is 0. The lowest BCUT2D eigenvalue weighted by Gasteiger charge is -2.28. The van der Waals surface area contributed by atoms with Gasteiger partial charge in [-0.15, -0.1) is 11.8 Å². The molecule has 1 heterocycles. The molecule has 0 aromatic heterocycles. The van der Waals surface area contributed by atoms with Crippen LogP contribution in [-0.4, -0.2) is 12.9 Å². The van der Waals surface area contributed by atoms with Gasteiger partial charge in [-0.2, -0.15) is 0 Å². The fraction of sp³-hybridized carbons (Fsp3) is 0.294. The zero-order valence-corrected chi connectivity index (χ0v) is 12.8. The molecule has 0 aliphatic carbocycles. The highest BCUT2D eigenvalue weighted by molar-refractivity contribution is 7.99. The van der Waals surface area contributed by atoms with E-state index in [0.717, 1.165) is 17.3 Å². The lowest BCUT2D eigenvalue weighted by molar-refractivity contribution is 0.218. The number of benzene rings is 2. The van der Waals surface area contributed by atoms with Gasteiger partial charge in [0, 0.05) is 10.6 Å². The standard InChI is InChI=1S/C17H18O2S/c1-11-4-9-16-17(12(11)2)19-15(10-20-16)13-5-7-14(18-3)8-6-13/h4-9,15H,10H2,1-3H3. The number of fused-ring (bicyclic) bond motifs is 1. The summed E-state index contributed by atoms with van der Waals surface area (Å²) in [7, 11) is 1.68. The highest BCUT2D eigenvalue weighted by Gasteiger charge is 2.23. The van der Waals surface area contributed by atoms with Gasteiger partial charge in [-0.25, -0.2) is 0 Å². The quantitative estimate of drug-likeness (QED) is 0.807. The number of thioether (sulfide) groups is 1. The van der Waals surface area contributed by atoms with Crippen molar-refractivity contribution in [2.24, 2.45) is 0 Å². The van der Waals surface area contributed by atoms with Crippen molar-refractivity contribution in [3.63, 3.8) is 0 Å². The van der Waals surface area contributed by atoms with Crippen LogP contribution in [0.4, 0.5) is 0 Å². The van der Waals surface area contributed by atoms with Crippen LogP contribution in [0.15, 0.2) is 41.3 Å². The summed E-state index contributed by atoms with van der Waals surface area (Å²) in [5.41, 5.74) is 3.72. The van der Waals surface area contributed by atoms with Crippen LogP contribution in [0.3, 0.4) is 0 Å². The maximum Gasteiger partial charge on any atom is 0.137 e. The molecule has 2 nitrogen and oxygen atoms in total. The molecule has 0 radical (unpaired) electrons. The van der Waals surface area contributed by atoms with Crippen LogP contribution >= 0.6 is 11.8 Å². The number of rotatable bonds is 2. The first-order valence-corrected chi connectivity index (χ1v) is 7.71. The lowest BCUT2D eigenvalue weighted by Crippen LogP contribution is -2.15. The Morgan fingerprint density at radius 2 is 1.85 bits per heavy atom. The normalized spacial score (nSPS) is 17.2. The predicted molar refractivity (Wildman–Crippen MR) is 83.0 cm³/mol. The molecule has 20 heavy (non-hydrogen) atoms. The summed E-state index contributed by atoms with van der Waals surface area (Å²) >= 11 is 1.87. The molecule has 0 amide bonds. The summed E-state index contributed by atoms with van der Waals surface area (Å²) in [5, 5.41) is 0. The summed E-state index contributed by atoms with van der Waals surface area (Å²) in [4.78, 5) is 1.25. The molecule has 2 aromatic carbocycles. The van der Waals surface area contributed by atoms with E-state index in [9.17, 15) is 0 Å². The Bertz CT molecular complexity index is 620. The third kappa shape index (κ3) is 2.38. The van der Waals surface area contributed by atoms with Gasteiger partial charge in [-0.05, 0) is 48.7 Å². The monoisotopic (exact) mass is 286 g/mol. The topological polar surface area (TPSA) is 18.5 Å². The van der Waals surface area contributed by atoms with Crippen LogP contribution in [0.1, 0.15) is 22.8 Å². The predicted octanol–water partition coefficient (Wildman–Crippen LogP) is 4.54. The van der Waals surface area contributed by atoms with Crippen molar-refractivity contribution >= 4 is 11.8 Å². The Morgan fingerprint density at radius 1 is 1.10 bits per heavy atom. The van der Waals surface area contributed by atoms with Gasteiger partial charge in [-0.3, -0.25) is 0 Å². The molecule has 1 aliphatic rings. The molecule has 1 aliphatic heterocycles. The third-order valence-corrected chi connectivity index (χ3v) is 4.88. The van der Waals surface area contributed by atoms with Crippen LogP contribution in [0.5, 0.6) is 11.5 Å². The van der Waals surface area contributed by atoms with E-state index < -0.39 is 0 Å². The minimum atomic E-state index is 0.110. The molecule has 0 spiro atoms. The zero-order chi connectivity index (χ0) is 14.1. The molecule has 104 valence electrons. The summed E-state index contributed by atoms with van der Waals surface area (Å²) in [6.45, 7) is 4.26. The molecular weight excluding hydrogens is 268 g/mol. The lowest BCUT2D eigenvalue weighted by atomic mass is 10.1. The van der Waals surface area contributed by atoms with Crippen molar-refractivity contribution in [2.75, 3.05) is 12.9 Å². The average molecular weight is 286 g/mol. The molecular formula is C17H18O2S. The van der Waals surface area contributed by atoms with Gasteiger partial charge < -0.3 is 9.47 Å². The maximum atomic E-state index is 6.24. The Labute approximate surface area is 124 Å². The molecule has 3 rings (SSSR count). The van der Waals surface area contributed by atoms with E-state index in [1.165, 1.54) is 21.6 Å². The molecule has 0 bridgehead atoms. The molecule has 1 unspecified atom stereocenters.